The molecule has 4 nitrogen and oxygen atoms in total. The van der Waals surface area contributed by atoms with E-state index in [1.54, 1.807) is 0 Å². The number of amides is 1. The molecule has 0 spiro atoms. The van der Waals surface area contributed by atoms with Crippen LogP contribution in [0.15, 0.2) is 0 Å². The maximum absolute atomic E-state index is 12.3. The number of piperidine rings is 1. The number of nitriles is 1. The molecule has 1 saturated heterocycles. The van der Waals surface area contributed by atoms with Gasteiger partial charge in [0.1, 0.15) is 0 Å². The van der Waals surface area contributed by atoms with Crippen molar-refractivity contribution in [2.45, 2.75) is 84.6 Å². The summed E-state index contributed by atoms with van der Waals surface area (Å²) in [7, 11) is 3.05. The highest BCUT2D eigenvalue weighted by molar-refractivity contribution is 5.77. The molecule has 0 bridgehead atoms. The Morgan fingerprint density at radius 2 is 1.79 bits per heavy atom. The van der Waals surface area contributed by atoms with Crippen LogP contribution in [0.1, 0.15) is 78.6 Å². The highest BCUT2D eigenvalue weighted by Gasteiger charge is 2.61. The van der Waals surface area contributed by atoms with Crippen LogP contribution in [0.25, 0.3) is 0 Å². The summed E-state index contributed by atoms with van der Waals surface area (Å²) in [5.41, 5.74) is 0.764. The second-order valence-electron chi connectivity index (χ2n) is 10.5. The Kier molecular flexibility index (Phi) is 6.16. The Hall–Kier alpha value is -1.08. The van der Waals surface area contributed by atoms with Crippen LogP contribution in [-0.4, -0.2) is 36.1 Å². The zero-order valence-corrected chi connectivity index (χ0v) is 18.6. The Labute approximate surface area is 171 Å². The standard InChI is InChI=1S/C23H36N2O.CH4O/c1-15(11-14-24)17-6-7-18-16-5-8-20-23(3,13-10-21(26)25(20)4)19(16)9-12-22(17,18)2;1-2/h15-20H,5-13H2,1-4H3;2H,1H3/t15-,16?,17?,18?,19?,20?,22?,23?;/m1./s1. The van der Waals surface area contributed by atoms with Gasteiger partial charge in [-0.1, -0.05) is 20.8 Å². The summed E-state index contributed by atoms with van der Waals surface area (Å²) >= 11 is 0. The van der Waals surface area contributed by atoms with Crippen molar-refractivity contribution >= 4 is 5.91 Å². The minimum absolute atomic E-state index is 0.323. The molecule has 4 heteroatoms. The minimum atomic E-state index is 0.323. The summed E-state index contributed by atoms with van der Waals surface area (Å²) < 4.78 is 0. The van der Waals surface area contributed by atoms with Crippen LogP contribution in [0, 0.1) is 51.8 Å². The molecule has 0 aromatic rings. The fourth-order valence-corrected chi connectivity index (χ4v) is 8.41. The highest BCUT2D eigenvalue weighted by Crippen LogP contribution is 2.67. The molecule has 7 unspecified atom stereocenters. The van der Waals surface area contributed by atoms with Crippen molar-refractivity contribution in [1.29, 1.82) is 5.26 Å². The van der Waals surface area contributed by atoms with Gasteiger partial charge in [-0.15, -0.1) is 0 Å². The third-order valence-electron chi connectivity index (χ3n) is 9.73. The van der Waals surface area contributed by atoms with E-state index in [9.17, 15) is 10.1 Å². The van der Waals surface area contributed by atoms with E-state index in [0.29, 0.717) is 35.1 Å². The number of rotatable bonds is 2. The quantitative estimate of drug-likeness (QED) is 0.750. The highest BCUT2D eigenvalue weighted by atomic mass is 16.2. The fraction of sp³-hybridized carbons (Fsp3) is 0.917. The molecule has 0 radical (unpaired) electrons. The van der Waals surface area contributed by atoms with Crippen LogP contribution >= 0.6 is 0 Å². The Morgan fingerprint density at radius 1 is 1.11 bits per heavy atom. The van der Waals surface area contributed by atoms with E-state index in [4.69, 9.17) is 5.11 Å². The van der Waals surface area contributed by atoms with Crippen LogP contribution in [0.2, 0.25) is 0 Å². The summed E-state index contributed by atoms with van der Waals surface area (Å²) in [6.07, 6.45) is 10.4. The van der Waals surface area contributed by atoms with Gasteiger partial charge in [0.05, 0.1) is 6.07 Å². The molecule has 0 aromatic carbocycles. The van der Waals surface area contributed by atoms with Gasteiger partial charge in [-0.25, -0.2) is 0 Å². The molecule has 4 rings (SSSR count). The molecule has 1 N–H and O–H groups in total. The Bertz CT molecular complexity index is 629. The maximum atomic E-state index is 12.3. The second kappa shape index (κ2) is 7.98. The van der Waals surface area contributed by atoms with Crippen molar-refractivity contribution in [3.63, 3.8) is 0 Å². The van der Waals surface area contributed by atoms with Gasteiger partial charge in [0.2, 0.25) is 5.91 Å². The van der Waals surface area contributed by atoms with Gasteiger partial charge in [0.25, 0.3) is 0 Å². The first-order valence-electron chi connectivity index (χ1n) is 11.4. The molecular weight excluding hydrogens is 348 g/mol. The van der Waals surface area contributed by atoms with E-state index >= 15 is 0 Å². The third-order valence-corrected chi connectivity index (χ3v) is 9.73. The van der Waals surface area contributed by atoms with Crippen LogP contribution in [-0.2, 0) is 4.79 Å². The summed E-state index contributed by atoms with van der Waals surface area (Å²) in [5, 5.41) is 16.2. The topological polar surface area (TPSA) is 64.3 Å². The number of nitrogens with zero attached hydrogens (tertiary/aromatic N) is 2. The number of hydrogen-bond donors (Lipinski definition) is 1. The van der Waals surface area contributed by atoms with E-state index in [2.05, 4.69) is 31.7 Å². The van der Waals surface area contributed by atoms with Gasteiger partial charge in [-0.3, -0.25) is 4.79 Å². The predicted molar refractivity (Wildman–Crippen MR) is 111 cm³/mol. The summed E-state index contributed by atoms with van der Waals surface area (Å²) in [6.45, 7) is 7.38. The maximum Gasteiger partial charge on any atom is 0.222 e. The Balaban J connectivity index is 0.00000109. The molecular formula is C24H40N2O2. The van der Waals surface area contributed by atoms with Gasteiger partial charge in [-0.05, 0) is 85.4 Å². The number of fused-ring (bicyclic) bond motifs is 5. The molecule has 0 aromatic heterocycles. The molecule has 1 amide bonds. The lowest BCUT2D eigenvalue weighted by Gasteiger charge is -2.62. The van der Waals surface area contributed by atoms with E-state index in [-0.39, 0.29) is 0 Å². The average Bonchev–Trinajstić information content (AvgIpc) is 3.04. The van der Waals surface area contributed by atoms with Crippen molar-refractivity contribution in [3.8, 4) is 6.07 Å². The minimum Gasteiger partial charge on any atom is -0.400 e. The average molecular weight is 389 g/mol. The van der Waals surface area contributed by atoms with E-state index in [1.165, 1.54) is 38.5 Å². The lowest BCUT2D eigenvalue weighted by Crippen LogP contribution is -2.61. The number of carbonyl (C=O) groups excluding carboxylic acids is 1. The SMILES string of the molecule is CO.C[C@H](CC#N)C1CCC2C3CCC4N(C)C(=O)CCC4(C)C3CCC21C. The normalized spacial score (nSPS) is 45.7. The van der Waals surface area contributed by atoms with Gasteiger partial charge < -0.3 is 10.0 Å². The van der Waals surface area contributed by atoms with Gasteiger partial charge in [0, 0.05) is 33.0 Å². The van der Waals surface area contributed by atoms with Crippen LogP contribution in [0.4, 0.5) is 0 Å². The number of hydrogen-bond acceptors (Lipinski definition) is 3. The molecule has 4 fully saturated rings. The lowest BCUT2D eigenvalue weighted by atomic mass is 9.46. The second-order valence-corrected chi connectivity index (χ2v) is 10.5. The number of likely N-dealkylation sites (tertiary alicyclic amines) is 1. The molecule has 1 aliphatic heterocycles. The first-order chi connectivity index (χ1) is 13.3. The smallest absolute Gasteiger partial charge is 0.222 e. The summed E-state index contributed by atoms with van der Waals surface area (Å²) in [6, 6.07) is 2.89. The van der Waals surface area contributed by atoms with Gasteiger partial charge in [-0.2, -0.15) is 5.26 Å². The molecule has 158 valence electrons. The number of aliphatic hydroxyl groups excluding tert-OH is 1. The monoisotopic (exact) mass is 388 g/mol. The zero-order chi connectivity index (χ0) is 20.7. The van der Waals surface area contributed by atoms with Crippen LogP contribution < -0.4 is 0 Å². The van der Waals surface area contributed by atoms with E-state index in [1.807, 2.05) is 7.05 Å². The van der Waals surface area contributed by atoms with Crippen LogP contribution in [0.5, 0.6) is 0 Å². The fourth-order valence-electron chi connectivity index (χ4n) is 8.41. The zero-order valence-electron chi connectivity index (χ0n) is 18.6. The molecule has 28 heavy (non-hydrogen) atoms. The van der Waals surface area contributed by atoms with Crippen molar-refractivity contribution in [2.75, 3.05) is 14.2 Å². The van der Waals surface area contributed by atoms with Gasteiger partial charge in [0.15, 0.2) is 0 Å². The van der Waals surface area contributed by atoms with Crippen molar-refractivity contribution in [1.82, 2.24) is 4.90 Å². The molecule has 1 heterocycles. The van der Waals surface area contributed by atoms with Crippen LogP contribution in [0.3, 0.4) is 0 Å². The van der Waals surface area contributed by atoms with Crippen molar-refractivity contribution in [3.05, 3.63) is 0 Å². The number of carbonyl (C=O) groups is 1. The number of aliphatic hydroxyl groups is 1. The molecule has 3 aliphatic carbocycles. The summed E-state index contributed by atoms with van der Waals surface area (Å²) in [4.78, 5) is 14.4. The third kappa shape index (κ3) is 3.09. The molecule has 8 atom stereocenters. The molecule has 3 saturated carbocycles. The first-order valence-corrected chi connectivity index (χ1v) is 11.4. The Morgan fingerprint density at radius 3 is 2.46 bits per heavy atom. The lowest BCUT2D eigenvalue weighted by molar-refractivity contribution is -0.158. The van der Waals surface area contributed by atoms with E-state index < -0.39 is 0 Å². The first kappa shape index (κ1) is 21.6. The van der Waals surface area contributed by atoms with E-state index in [0.717, 1.165) is 43.6 Å². The van der Waals surface area contributed by atoms with Crippen molar-refractivity contribution < 1.29 is 9.90 Å². The van der Waals surface area contributed by atoms with Gasteiger partial charge >= 0.3 is 0 Å². The van der Waals surface area contributed by atoms with Crippen molar-refractivity contribution in [2.24, 2.45) is 40.4 Å². The largest absolute Gasteiger partial charge is 0.400 e. The molecule has 4 aliphatic rings. The predicted octanol–water partition coefficient (Wildman–Crippen LogP) is 4.62. The summed E-state index contributed by atoms with van der Waals surface area (Å²) in [5.74, 6) is 4.10.